The largest absolute Gasteiger partial charge is 0.337 e. The SMILES string of the molecule is CCn1c(C2CCCN(C(=O)c3csc(-c4ccccc4Cl)n3)C2)n[nH]c1=S. The van der Waals surface area contributed by atoms with E-state index in [9.17, 15) is 4.79 Å². The zero-order valence-electron chi connectivity index (χ0n) is 15.4. The van der Waals surface area contributed by atoms with Gasteiger partial charge in [-0.2, -0.15) is 5.10 Å². The van der Waals surface area contributed by atoms with Gasteiger partial charge in [0.2, 0.25) is 0 Å². The van der Waals surface area contributed by atoms with Crippen LogP contribution in [0.3, 0.4) is 0 Å². The number of rotatable bonds is 4. The molecule has 3 heterocycles. The van der Waals surface area contributed by atoms with Crippen LogP contribution < -0.4 is 0 Å². The number of benzene rings is 1. The molecule has 0 bridgehead atoms. The summed E-state index contributed by atoms with van der Waals surface area (Å²) < 4.78 is 2.64. The molecule has 0 spiro atoms. The quantitative estimate of drug-likeness (QED) is 0.602. The summed E-state index contributed by atoms with van der Waals surface area (Å²) in [5.41, 5.74) is 1.32. The first-order valence-electron chi connectivity index (χ1n) is 9.23. The summed E-state index contributed by atoms with van der Waals surface area (Å²) in [6.07, 6.45) is 1.92. The van der Waals surface area contributed by atoms with Crippen LogP contribution in [0.4, 0.5) is 0 Å². The van der Waals surface area contributed by atoms with E-state index >= 15 is 0 Å². The summed E-state index contributed by atoms with van der Waals surface area (Å²) in [6.45, 7) is 4.16. The molecule has 1 amide bonds. The number of carbonyl (C=O) groups is 1. The third kappa shape index (κ3) is 3.64. The van der Waals surface area contributed by atoms with Crippen LogP contribution in [0.25, 0.3) is 10.6 Å². The fourth-order valence-corrected chi connectivity index (χ4v) is 4.99. The number of hydrogen-bond donors (Lipinski definition) is 1. The highest BCUT2D eigenvalue weighted by molar-refractivity contribution is 7.71. The van der Waals surface area contributed by atoms with Gasteiger partial charge in [-0.15, -0.1) is 11.3 Å². The van der Waals surface area contributed by atoms with Crippen LogP contribution in [-0.2, 0) is 6.54 Å². The molecule has 9 heteroatoms. The van der Waals surface area contributed by atoms with Crippen LogP contribution in [0, 0.1) is 4.77 Å². The summed E-state index contributed by atoms with van der Waals surface area (Å²) in [5.74, 6) is 1.06. The maximum absolute atomic E-state index is 13.0. The Hall–Kier alpha value is -2.03. The first kappa shape index (κ1) is 19.3. The average Bonchev–Trinajstić information content (AvgIpc) is 3.34. The van der Waals surface area contributed by atoms with E-state index in [1.165, 1.54) is 11.3 Å². The Kier molecular flexibility index (Phi) is 5.61. The van der Waals surface area contributed by atoms with Crippen molar-refractivity contribution in [1.29, 1.82) is 0 Å². The van der Waals surface area contributed by atoms with Gasteiger partial charge in [0.15, 0.2) is 4.77 Å². The Labute approximate surface area is 177 Å². The lowest BCUT2D eigenvalue weighted by atomic mass is 9.97. The number of nitrogens with zero attached hydrogens (tertiary/aromatic N) is 4. The number of likely N-dealkylation sites (tertiary alicyclic amines) is 1. The van der Waals surface area contributed by atoms with E-state index in [-0.39, 0.29) is 11.8 Å². The predicted molar refractivity (Wildman–Crippen MR) is 114 cm³/mol. The Bertz CT molecular complexity index is 1060. The number of nitrogens with one attached hydrogen (secondary N) is 1. The van der Waals surface area contributed by atoms with E-state index in [0.717, 1.165) is 42.3 Å². The van der Waals surface area contributed by atoms with Crippen LogP contribution in [-0.4, -0.2) is 43.6 Å². The number of aromatic amines is 1. The van der Waals surface area contributed by atoms with Crippen LogP contribution in [0.2, 0.25) is 5.02 Å². The molecule has 1 unspecified atom stereocenters. The molecule has 2 aromatic heterocycles. The van der Waals surface area contributed by atoms with E-state index in [2.05, 4.69) is 15.2 Å². The van der Waals surface area contributed by atoms with Gasteiger partial charge in [0, 0.05) is 36.5 Å². The van der Waals surface area contributed by atoms with Crippen molar-refractivity contribution in [2.24, 2.45) is 0 Å². The number of amides is 1. The number of halogens is 1. The van der Waals surface area contributed by atoms with E-state index in [4.69, 9.17) is 23.8 Å². The second kappa shape index (κ2) is 8.14. The number of H-pyrrole nitrogens is 1. The van der Waals surface area contributed by atoms with Crippen molar-refractivity contribution in [2.75, 3.05) is 13.1 Å². The molecule has 1 saturated heterocycles. The highest BCUT2D eigenvalue weighted by Gasteiger charge is 2.29. The fraction of sp³-hybridized carbons (Fsp3) is 0.368. The van der Waals surface area contributed by atoms with E-state index in [0.29, 0.717) is 22.0 Å². The number of carbonyl (C=O) groups excluding carboxylic acids is 1. The molecule has 146 valence electrons. The Morgan fingerprint density at radius 1 is 1.43 bits per heavy atom. The summed E-state index contributed by atoms with van der Waals surface area (Å²) >= 11 is 13.0. The molecule has 1 aromatic carbocycles. The minimum atomic E-state index is -0.0450. The third-order valence-corrected chi connectivity index (χ3v) is 6.52. The lowest BCUT2D eigenvalue weighted by Gasteiger charge is -2.32. The lowest BCUT2D eigenvalue weighted by Crippen LogP contribution is -2.40. The van der Waals surface area contributed by atoms with Crippen LogP contribution in [0.15, 0.2) is 29.6 Å². The molecule has 3 aromatic rings. The monoisotopic (exact) mass is 433 g/mol. The van der Waals surface area contributed by atoms with Gasteiger partial charge in [0.05, 0.1) is 5.02 Å². The third-order valence-electron chi connectivity index (χ3n) is 5.01. The van der Waals surface area contributed by atoms with Crippen molar-refractivity contribution in [1.82, 2.24) is 24.6 Å². The number of hydrogen-bond acceptors (Lipinski definition) is 5. The average molecular weight is 434 g/mol. The minimum Gasteiger partial charge on any atom is -0.337 e. The first-order chi connectivity index (χ1) is 13.6. The second-order valence-electron chi connectivity index (χ2n) is 6.74. The highest BCUT2D eigenvalue weighted by atomic mass is 35.5. The molecule has 28 heavy (non-hydrogen) atoms. The summed E-state index contributed by atoms with van der Waals surface area (Å²) in [7, 11) is 0. The molecule has 0 aliphatic carbocycles. The fourth-order valence-electron chi connectivity index (χ4n) is 3.61. The zero-order chi connectivity index (χ0) is 19.7. The molecule has 0 radical (unpaired) electrons. The van der Waals surface area contributed by atoms with Crippen molar-refractivity contribution in [3.63, 3.8) is 0 Å². The molecule has 4 rings (SSSR count). The van der Waals surface area contributed by atoms with Gasteiger partial charge in [-0.25, -0.2) is 4.98 Å². The second-order valence-corrected chi connectivity index (χ2v) is 8.39. The molecule has 1 aliphatic rings. The lowest BCUT2D eigenvalue weighted by molar-refractivity contribution is 0.0698. The van der Waals surface area contributed by atoms with Crippen LogP contribution in [0.1, 0.15) is 42.0 Å². The van der Waals surface area contributed by atoms with Gasteiger partial charge in [0.1, 0.15) is 16.5 Å². The van der Waals surface area contributed by atoms with Crippen molar-refractivity contribution in [2.45, 2.75) is 32.2 Å². The molecule has 6 nitrogen and oxygen atoms in total. The molecule has 1 aliphatic heterocycles. The maximum Gasteiger partial charge on any atom is 0.273 e. The van der Waals surface area contributed by atoms with Crippen molar-refractivity contribution >= 4 is 41.1 Å². The molecule has 1 N–H and O–H groups in total. The summed E-state index contributed by atoms with van der Waals surface area (Å²) in [5, 5.41) is 10.5. The van der Waals surface area contributed by atoms with Crippen LogP contribution >= 0.6 is 35.2 Å². The summed E-state index contributed by atoms with van der Waals surface area (Å²) in [4.78, 5) is 19.5. The highest BCUT2D eigenvalue weighted by Crippen LogP contribution is 2.31. The summed E-state index contributed by atoms with van der Waals surface area (Å²) in [6, 6.07) is 7.54. The molecule has 0 saturated carbocycles. The van der Waals surface area contributed by atoms with Crippen molar-refractivity contribution in [3.05, 3.63) is 51.0 Å². The first-order valence-corrected chi connectivity index (χ1v) is 10.9. The van der Waals surface area contributed by atoms with Gasteiger partial charge < -0.3 is 9.47 Å². The van der Waals surface area contributed by atoms with Gasteiger partial charge in [0.25, 0.3) is 5.91 Å². The zero-order valence-corrected chi connectivity index (χ0v) is 17.8. The normalized spacial score (nSPS) is 17.1. The van der Waals surface area contributed by atoms with Crippen LogP contribution in [0.5, 0.6) is 0 Å². The Morgan fingerprint density at radius 3 is 3.04 bits per heavy atom. The van der Waals surface area contributed by atoms with Gasteiger partial charge >= 0.3 is 0 Å². The molecular weight excluding hydrogens is 414 g/mol. The van der Waals surface area contributed by atoms with Gasteiger partial charge in [-0.05, 0) is 38.0 Å². The molecule has 1 atom stereocenters. The van der Waals surface area contributed by atoms with E-state index in [1.54, 1.807) is 0 Å². The van der Waals surface area contributed by atoms with Gasteiger partial charge in [-0.1, -0.05) is 29.8 Å². The Balaban J connectivity index is 1.54. The number of aromatic nitrogens is 4. The van der Waals surface area contributed by atoms with E-state index < -0.39 is 0 Å². The topological polar surface area (TPSA) is 66.8 Å². The van der Waals surface area contributed by atoms with Crippen molar-refractivity contribution in [3.8, 4) is 10.6 Å². The molecule has 1 fully saturated rings. The smallest absolute Gasteiger partial charge is 0.273 e. The Morgan fingerprint density at radius 2 is 2.25 bits per heavy atom. The molecular formula is C19H20ClN5OS2. The number of thiazole rings is 1. The van der Waals surface area contributed by atoms with E-state index in [1.807, 2.05) is 46.0 Å². The van der Waals surface area contributed by atoms with Gasteiger partial charge in [-0.3, -0.25) is 9.89 Å². The minimum absolute atomic E-state index is 0.0450. The standard InChI is InChI=1S/C19H20ClN5OS2/c1-2-25-16(22-23-19(25)27)12-6-5-9-24(10-12)18(26)15-11-28-17(21-15)13-7-3-4-8-14(13)20/h3-4,7-8,11-12H,2,5-6,9-10H2,1H3,(H,23,27). The maximum atomic E-state index is 13.0. The predicted octanol–water partition coefficient (Wildman–Crippen LogP) is 4.76. The van der Waals surface area contributed by atoms with Crippen molar-refractivity contribution < 1.29 is 4.79 Å². The number of piperidine rings is 1.